The van der Waals surface area contributed by atoms with Crippen molar-refractivity contribution in [3.05, 3.63) is 0 Å². The Kier molecular flexibility index (Phi) is 5.22. The molecule has 0 aromatic rings. The number of carbonyl (C=O) groups excluding carboxylic acids is 1. The van der Waals surface area contributed by atoms with Crippen LogP contribution in [0.15, 0.2) is 0 Å². The molecule has 2 heterocycles. The number of nitrogens with one attached hydrogen (secondary N) is 2. The molecule has 110 valence electrons. The van der Waals surface area contributed by atoms with Gasteiger partial charge >= 0.3 is 0 Å². The summed E-state index contributed by atoms with van der Waals surface area (Å²) in [4.78, 5) is 14.5. The molecule has 0 spiro atoms. The monoisotopic (exact) mass is 267 g/mol. The molecule has 2 aliphatic heterocycles. The average molecular weight is 267 g/mol. The largest absolute Gasteiger partial charge is 0.353 e. The summed E-state index contributed by atoms with van der Waals surface area (Å²) in [6.45, 7) is 7.87. The van der Waals surface area contributed by atoms with Gasteiger partial charge < -0.3 is 10.6 Å². The molecule has 4 nitrogen and oxygen atoms in total. The Hall–Kier alpha value is -0.610. The van der Waals surface area contributed by atoms with Gasteiger partial charge in [0.05, 0.1) is 6.54 Å². The molecule has 2 saturated heterocycles. The zero-order chi connectivity index (χ0) is 13.8. The molecule has 1 amide bonds. The molecule has 2 aliphatic rings. The lowest BCUT2D eigenvalue weighted by Gasteiger charge is -2.48. The van der Waals surface area contributed by atoms with E-state index < -0.39 is 0 Å². The van der Waals surface area contributed by atoms with E-state index in [4.69, 9.17) is 0 Å². The molecule has 2 fully saturated rings. The van der Waals surface area contributed by atoms with Gasteiger partial charge in [0.25, 0.3) is 0 Å². The van der Waals surface area contributed by atoms with E-state index in [-0.39, 0.29) is 11.9 Å². The van der Waals surface area contributed by atoms with Crippen molar-refractivity contribution in [1.29, 1.82) is 0 Å². The van der Waals surface area contributed by atoms with Gasteiger partial charge in [-0.3, -0.25) is 9.69 Å². The van der Waals surface area contributed by atoms with Gasteiger partial charge in [-0.25, -0.2) is 0 Å². The van der Waals surface area contributed by atoms with Crippen LogP contribution in [-0.2, 0) is 4.79 Å². The Morgan fingerprint density at radius 1 is 1.26 bits per heavy atom. The highest BCUT2D eigenvalue weighted by molar-refractivity contribution is 5.78. The third-order valence-corrected chi connectivity index (χ3v) is 4.39. The van der Waals surface area contributed by atoms with Gasteiger partial charge in [0, 0.05) is 24.2 Å². The second kappa shape index (κ2) is 6.71. The molecule has 4 heteroatoms. The van der Waals surface area contributed by atoms with Crippen LogP contribution < -0.4 is 10.6 Å². The van der Waals surface area contributed by atoms with Crippen molar-refractivity contribution in [3.63, 3.8) is 0 Å². The maximum Gasteiger partial charge on any atom is 0.234 e. The lowest BCUT2D eigenvalue weighted by molar-refractivity contribution is -0.125. The van der Waals surface area contributed by atoms with E-state index >= 15 is 0 Å². The van der Waals surface area contributed by atoms with E-state index in [1.165, 1.54) is 32.1 Å². The first-order chi connectivity index (χ1) is 9.10. The summed E-state index contributed by atoms with van der Waals surface area (Å²) < 4.78 is 0. The van der Waals surface area contributed by atoms with Crippen molar-refractivity contribution in [2.24, 2.45) is 0 Å². The minimum atomic E-state index is 0.189. The number of carbonyl (C=O) groups is 1. The van der Waals surface area contributed by atoms with Crippen molar-refractivity contribution in [2.45, 2.75) is 77.0 Å². The van der Waals surface area contributed by atoms with E-state index in [2.05, 4.69) is 22.5 Å². The van der Waals surface area contributed by atoms with Crippen LogP contribution in [-0.4, -0.2) is 48.1 Å². The fourth-order valence-corrected chi connectivity index (χ4v) is 3.73. The Morgan fingerprint density at radius 3 is 2.42 bits per heavy atom. The van der Waals surface area contributed by atoms with Crippen LogP contribution in [0.25, 0.3) is 0 Å². The smallest absolute Gasteiger partial charge is 0.234 e. The molecule has 2 rings (SSSR count). The Bertz CT molecular complexity index is 292. The van der Waals surface area contributed by atoms with Gasteiger partial charge in [0.2, 0.25) is 5.91 Å². The Labute approximate surface area is 117 Å². The van der Waals surface area contributed by atoms with Crippen LogP contribution in [0, 0.1) is 0 Å². The molecule has 19 heavy (non-hydrogen) atoms. The number of rotatable bonds is 5. The molecule has 0 aliphatic carbocycles. The van der Waals surface area contributed by atoms with Crippen molar-refractivity contribution < 1.29 is 4.79 Å². The summed E-state index contributed by atoms with van der Waals surface area (Å²) in [5, 5.41) is 6.61. The molecular weight excluding hydrogens is 238 g/mol. The molecule has 2 atom stereocenters. The number of fused-ring (bicyclic) bond motifs is 2. The first-order valence-corrected chi connectivity index (χ1v) is 7.88. The quantitative estimate of drug-likeness (QED) is 0.793. The standard InChI is InChI=1S/C15H29N3O/c1-4-16-12-8-13-6-5-7-14(9-12)18(13)10-15(19)17-11(2)3/h11-14,16H,4-10H2,1-3H3,(H,17,19). The van der Waals surface area contributed by atoms with Crippen molar-refractivity contribution >= 4 is 5.91 Å². The number of nitrogens with zero attached hydrogens (tertiary/aromatic N) is 1. The molecule has 2 unspecified atom stereocenters. The molecule has 0 radical (unpaired) electrons. The van der Waals surface area contributed by atoms with E-state index in [1.54, 1.807) is 0 Å². The third-order valence-electron chi connectivity index (χ3n) is 4.39. The molecule has 0 saturated carbocycles. The zero-order valence-electron chi connectivity index (χ0n) is 12.6. The fraction of sp³-hybridized carbons (Fsp3) is 0.933. The lowest BCUT2D eigenvalue weighted by Crippen LogP contribution is -2.58. The number of piperidine rings is 2. The summed E-state index contributed by atoms with van der Waals surface area (Å²) in [6, 6.07) is 2.11. The van der Waals surface area contributed by atoms with Crippen molar-refractivity contribution in [2.75, 3.05) is 13.1 Å². The van der Waals surface area contributed by atoms with Crippen LogP contribution in [0.4, 0.5) is 0 Å². The lowest BCUT2D eigenvalue weighted by atomic mass is 9.81. The van der Waals surface area contributed by atoms with Gasteiger partial charge in [-0.1, -0.05) is 13.3 Å². The van der Waals surface area contributed by atoms with Gasteiger partial charge in [0.1, 0.15) is 0 Å². The fourth-order valence-electron chi connectivity index (χ4n) is 3.73. The van der Waals surface area contributed by atoms with Gasteiger partial charge in [-0.15, -0.1) is 0 Å². The molecule has 0 aromatic carbocycles. The highest BCUT2D eigenvalue weighted by Crippen LogP contribution is 2.33. The summed E-state index contributed by atoms with van der Waals surface area (Å²) in [7, 11) is 0. The topological polar surface area (TPSA) is 44.4 Å². The predicted octanol–water partition coefficient (Wildman–Crippen LogP) is 1.51. The average Bonchev–Trinajstić information content (AvgIpc) is 2.29. The number of amides is 1. The first-order valence-electron chi connectivity index (χ1n) is 7.88. The first kappa shape index (κ1) is 14.8. The summed E-state index contributed by atoms with van der Waals surface area (Å²) in [5.74, 6) is 0.189. The molecule has 2 N–H and O–H groups in total. The van der Waals surface area contributed by atoms with E-state index in [1.807, 2.05) is 13.8 Å². The van der Waals surface area contributed by atoms with Gasteiger partial charge in [-0.2, -0.15) is 0 Å². The van der Waals surface area contributed by atoms with Gasteiger partial charge in [-0.05, 0) is 46.1 Å². The minimum absolute atomic E-state index is 0.189. The Morgan fingerprint density at radius 2 is 1.89 bits per heavy atom. The normalized spacial score (nSPS) is 31.5. The van der Waals surface area contributed by atoms with Crippen molar-refractivity contribution in [3.8, 4) is 0 Å². The van der Waals surface area contributed by atoms with Crippen LogP contribution >= 0.6 is 0 Å². The van der Waals surface area contributed by atoms with Crippen LogP contribution in [0.5, 0.6) is 0 Å². The van der Waals surface area contributed by atoms with E-state index in [0.717, 1.165) is 6.54 Å². The Balaban J connectivity index is 1.92. The number of hydrogen-bond acceptors (Lipinski definition) is 3. The maximum atomic E-state index is 12.0. The second-order valence-electron chi connectivity index (χ2n) is 6.36. The third kappa shape index (κ3) is 3.93. The van der Waals surface area contributed by atoms with Crippen molar-refractivity contribution in [1.82, 2.24) is 15.5 Å². The number of hydrogen-bond donors (Lipinski definition) is 2. The summed E-state index contributed by atoms with van der Waals surface area (Å²) in [6.07, 6.45) is 6.26. The SMILES string of the molecule is CCNC1CC2CCCC(C1)N2CC(=O)NC(C)C. The maximum absolute atomic E-state index is 12.0. The van der Waals surface area contributed by atoms with Crippen LogP contribution in [0.2, 0.25) is 0 Å². The molecular formula is C15H29N3O. The molecule has 2 bridgehead atoms. The highest BCUT2D eigenvalue weighted by atomic mass is 16.2. The summed E-state index contributed by atoms with van der Waals surface area (Å²) in [5.41, 5.74) is 0. The van der Waals surface area contributed by atoms with Gasteiger partial charge in [0.15, 0.2) is 0 Å². The van der Waals surface area contributed by atoms with Crippen LogP contribution in [0.1, 0.15) is 52.9 Å². The zero-order valence-corrected chi connectivity index (χ0v) is 12.6. The predicted molar refractivity (Wildman–Crippen MR) is 78.1 cm³/mol. The van der Waals surface area contributed by atoms with E-state index in [0.29, 0.717) is 24.7 Å². The highest BCUT2D eigenvalue weighted by Gasteiger charge is 2.38. The van der Waals surface area contributed by atoms with E-state index in [9.17, 15) is 4.79 Å². The summed E-state index contributed by atoms with van der Waals surface area (Å²) >= 11 is 0. The minimum Gasteiger partial charge on any atom is -0.353 e. The van der Waals surface area contributed by atoms with Crippen LogP contribution in [0.3, 0.4) is 0 Å². The second-order valence-corrected chi connectivity index (χ2v) is 6.36. The molecule has 0 aromatic heterocycles.